The molecule has 0 aliphatic carbocycles. The molecule has 2 rings (SSSR count). The van der Waals surface area contributed by atoms with Gasteiger partial charge in [0.15, 0.2) is 0 Å². The Morgan fingerprint density at radius 3 is 2.25 bits per heavy atom. The summed E-state index contributed by atoms with van der Waals surface area (Å²) >= 11 is 0. The third-order valence-electron chi connectivity index (χ3n) is 2.29. The summed E-state index contributed by atoms with van der Waals surface area (Å²) in [4.78, 5) is 0. The van der Waals surface area contributed by atoms with E-state index in [1.54, 1.807) is 0 Å². The Morgan fingerprint density at radius 1 is 0.875 bits per heavy atom. The Labute approximate surface area is 94.6 Å². The lowest BCUT2D eigenvalue weighted by atomic mass is 10.2. The average Bonchev–Trinajstić information content (AvgIpc) is 2.32. The number of aryl methyl sites for hydroxylation is 1. The zero-order chi connectivity index (χ0) is 11.4. The number of nitrogen functional groups attached to an aromatic ring is 1. The van der Waals surface area contributed by atoms with Crippen LogP contribution in [0.25, 0.3) is 0 Å². The zero-order valence-corrected chi connectivity index (χ0v) is 9.09. The molecule has 0 heterocycles. The molecule has 2 aromatic carbocycles. The highest BCUT2D eigenvalue weighted by molar-refractivity contribution is 5.54. The van der Waals surface area contributed by atoms with E-state index in [0.717, 1.165) is 22.6 Å². The van der Waals surface area contributed by atoms with Crippen molar-refractivity contribution >= 4 is 17.1 Å². The highest BCUT2D eigenvalue weighted by Gasteiger charge is 1.95. The minimum absolute atomic E-state index is 0.777. The van der Waals surface area contributed by atoms with Gasteiger partial charge in [-0.2, -0.15) is 10.2 Å². The first kappa shape index (κ1) is 10.4. The number of rotatable bonds is 2. The van der Waals surface area contributed by atoms with Gasteiger partial charge in [0.2, 0.25) is 0 Å². The molecule has 0 aliphatic rings. The summed E-state index contributed by atoms with van der Waals surface area (Å²) in [5, 5.41) is 8.28. The highest BCUT2D eigenvalue weighted by Crippen LogP contribution is 2.21. The Balaban J connectivity index is 2.21. The van der Waals surface area contributed by atoms with Crippen LogP contribution in [0.4, 0.5) is 17.1 Å². The number of hydrogen-bond donors (Lipinski definition) is 1. The van der Waals surface area contributed by atoms with E-state index in [9.17, 15) is 0 Å². The SMILES string of the molecule is Cc1cc(/N=N/c2ccccc2)ccc1N. The van der Waals surface area contributed by atoms with Crippen molar-refractivity contribution in [3.8, 4) is 0 Å². The van der Waals surface area contributed by atoms with Crippen molar-refractivity contribution in [2.75, 3.05) is 5.73 Å². The van der Waals surface area contributed by atoms with Gasteiger partial charge in [-0.1, -0.05) is 18.2 Å². The van der Waals surface area contributed by atoms with E-state index in [0.29, 0.717) is 0 Å². The summed E-state index contributed by atoms with van der Waals surface area (Å²) in [6.07, 6.45) is 0. The van der Waals surface area contributed by atoms with Crippen LogP contribution in [0.15, 0.2) is 58.8 Å². The Kier molecular flexibility index (Phi) is 2.96. The maximum atomic E-state index is 5.72. The lowest BCUT2D eigenvalue weighted by Gasteiger charge is -1.99. The first-order chi connectivity index (χ1) is 7.75. The van der Waals surface area contributed by atoms with Gasteiger partial charge < -0.3 is 5.73 Å². The van der Waals surface area contributed by atoms with Gasteiger partial charge in [0.1, 0.15) is 0 Å². The molecular formula is C13H13N3. The van der Waals surface area contributed by atoms with Crippen molar-refractivity contribution in [2.45, 2.75) is 6.92 Å². The predicted molar refractivity (Wildman–Crippen MR) is 66.2 cm³/mol. The predicted octanol–water partition coefficient (Wildman–Crippen LogP) is 3.99. The van der Waals surface area contributed by atoms with Gasteiger partial charge in [-0.05, 0) is 42.8 Å². The monoisotopic (exact) mass is 211 g/mol. The molecule has 0 atom stereocenters. The molecule has 2 aromatic rings. The van der Waals surface area contributed by atoms with Gasteiger partial charge in [0, 0.05) is 5.69 Å². The summed E-state index contributed by atoms with van der Waals surface area (Å²) in [5.74, 6) is 0. The van der Waals surface area contributed by atoms with E-state index in [1.165, 1.54) is 0 Å². The fourth-order valence-electron chi connectivity index (χ4n) is 1.33. The normalized spacial score (nSPS) is 10.8. The largest absolute Gasteiger partial charge is 0.399 e. The van der Waals surface area contributed by atoms with Gasteiger partial charge in [-0.3, -0.25) is 0 Å². The van der Waals surface area contributed by atoms with Crippen molar-refractivity contribution in [3.63, 3.8) is 0 Å². The molecule has 0 spiro atoms. The first-order valence-electron chi connectivity index (χ1n) is 5.08. The highest BCUT2D eigenvalue weighted by atomic mass is 15.1. The smallest absolute Gasteiger partial charge is 0.0861 e. The fourth-order valence-corrected chi connectivity index (χ4v) is 1.33. The van der Waals surface area contributed by atoms with Crippen LogP contribution in [0.3, 0.4) is 0 Å². The summed E-state index contributed by atoms with van der Waals surface area (Å²) < 4.78 is 0. The molecule has 0 radical (unpaired) electrons. The maximum absolute atomic E-state index is 5.72. The molecule has 0 aliphatic heterocycles. The van der Waals surface area contributed by atoms with Crippen LogP contribution in [-0.4, -0.2) is 0 Å². The molecule has 0 saturated heterocycles. The minimum Gasteiger partial charge on any atom is -0.399 e. The van der Waals surface area contributed by atoms with E-state index in [1.807, 2.05) is 55.5 Å². The number of anilines is 1. The molecule has 80 valence electrons. The molecule has 0 bridgehead atoms. The van der Waals surface area contributed by atoms with Crippen LogP contribution in [0.2, 0.25) is 0 Å². The third kappa shape index (κ3) is 2.45. The molecule has 3 nitrogen and oxygen atoms in total. The van der Waals surface area contributed by atoms with E-state index in [4.69, 9.17) is 5.73 Å². The third-order valence-corrected chi connectivity index (χ3v) is 2.29. The Hall–Kier alpha value is -2.16. The van der Waals surface area contributed by atoms with Gasteiger partial charge in [-0.15, -0.1) is 0 Å². The van der Waals surface area contributed by atoms with Crippen molar-refractivity contribution < 1.29 is 0 Å². The standard InChI is InChI=1S/C13H13N3/c1-10-9-12(7-8-13(10)14)16-15-11-5-3-2-4-6-11/h2-9H,14H2,1H3/b16-15+. The molecule has 0 unspecified atom stereocenters. The minimum atomic E-state index is 0.777. The van der Waals surface area contributed by atoms with E-state index in [2.05, 4.69) is 10.2 Å². The van der Waals surface area contributed by atoms with Crippen molar-refractivity contribution in [1.29, 1.82) is 0 Å². The second-order valence-electron chi connectivity index (χ2n) is 3.58. The fraction of sp³-hybridized carbons (Fsp3) is 0.0769. The summed E-state index contributed by atoms with van der Waals surface area (Å²) in [6, 6.07) is 15.3. The van der Waals surface area contributed by atoms with Crippen LogP contribution in [0.5, 0.6) is 0 Å². The van der Waals surface area contributed by atoms with Crippen LogP contribution < -0.4 is 5.73 Å². The second-order valence-corrected chi connectivity index (χ2v) is 3.58. The quantitative estimate of drug-likeness (QED) is 0.592. The van der Waals surface area contributed by atoms with Crippen LogP contribution in [-0.2, 0) is 0 Å². The summed E-state index contributed by atoms with van der Waals surface area (Å²) in [5.41, 5.74) is 9.18. The Morgan fingerprint density at radius 2 is 1.56 bits per heavy atom. The molecule has 0 aromatic heterocycles. The van der Waals surface area contributed by atoms with Crippen LogP contribution in [0, 0.1) is 6.92 Å². The second kappa shape index (κ2) is 4.57. The van der Waals surface area contributed by atoms with Crippen molar-refractivity contribution in [3.05, 3.63) is 54.1 Å². The van der Waals surface area contributed by atoms with Crippen LogP contribution in [0.1, 0.15) is 5.56 Å². The average molecular weight is 211 g/mol. The molecule has 16 heavy (non-hydrogen) atoms. The number of nitrogens with two attached hydrogens (primary N) is 1. The van der Waals surface area contributed by atoms with E-state index < -0.39 is 0 Å². The number of benzene rings is 2. The Bertz CT molecular complexity index is 504. The lowest BCUT2D eigenvalue weighted by molar-refractivity contribution is 1.22. The van der Waals surface area contributed by atoms with E-state index in [-0.39, 0.29) is 0 Å². The molecular weight excluding hydrogens is 198 g/mol. The van der Waals surface area contributed by atoms with Gasteiger partial charge in [-0.25, -0.2) is 0 Å². The lowest BCUT2D eigenvalue weighted by Crippen LogP contribution is -1.86. The number of nitrogens with zero attached hydrogens (tertiary/aromatic N) is 2. The maximum Gasteiger partial charge on any atom is 0.0861 e. The van der Waals surface area contributed by atoms with Crippen molar-refractivity contribution in [2.24, 2.45) is 10.2 Å². The van der Waals surface area contributed by atoms with Crippen LogP contribution >= 0.6 is 0 Å². The van der Waals surface area contributed by atoms with Gasteiger partial charge in [0.25, 0.3) is 0 Å². The molecule has 0 fully saturated rings. The molecule has 0 saturated carbocycles. The van der Waals surface area contributed by atoms with E-state index >= 15 is 0 Å². The van der Waals surface area contributed by atoms with Gasteiger partial charge >= 0.3 is 0 Å². The summed E-state index contributed by atoms with van der Waals surface area (Å²) in [7, 11) is 0. The van der Waals surface area contributed by atoms with Gasteiger partial charge in [0.05, 0.1) is 11.4 Å². The molecule has 2 N–H and O–H groups in total. The van der Waals surface area contributed by atoms with Crippen molar-refractivity contribution in [1.82, 2.24) is 0 Å². The molecule has 3 heteroatoms. The molecule has 0 amide bonds. The number of hydrogen-bond acceptors (Lipinski definition) is 3. The first-order valence-corrected chi connectivity index (χ1v) is 5.08. The topological polar surface area (TPSA) is 50.7 Å². The number of azo groups is 1. The summed E-state index contributed by atoms with van der Waals surface area (Å²) in [6.45, 7) is 1.96. The zero-order valence-electron chi connectivity index (χ0n) is 9.09.